The van der Waals surface area contributed by atoms with Crippen LogP contribution in [-0.2, 0) is 15.8 Å². The Morgan fingerprint density at radius 2 is 1.65 bits per heavy atom. The number of nitrogens with one attached hydrogen (secondary N) is 1. The van der Waals surface area contributed by atoms with Crippen LogP contribution in [0.15, 0.2) is 59.5 Å². The summed E-state index contributed by atoms with van der Waals surface area (Å²) in [6.45, 7) is -0.333. The molecular formula is C18H17F3N2O2S. The van der Waals surface area contributed by atoms with Gasteiger partial charge in [0.2, 0.25) is 11.8 Å². The van der Waals surface area contributed by atoms with Crippen LogP contribution >= 0.6 is 11.8 Å². The molecule has 2 aromatic carbocycles. The molecule has 2 rings (SSSR count). The molecular weight excluding hydrogens is 365 g/mol. The Morgan fingerprint density at radius 3 is 2.31 bits per heavy atom. The zero-order chi connectivity index (χ0) is 19.2. The topological polar surface area (TPSA) is 49.4 Å². The molecule has 26 heavy (non-hydrogen) atoms. The van der Waals surface area contributed by atoms with Crippen molar-refractivity contribution in [2.24, 2.45) is 0 Å². The highest BCUT2D eigenvalue weighted by atomic mass is 32.2. The quantitative estimate of drug-likeness (QED) is 0.771. The van der Waals surface area contributed by atoms with Crippen molar-refractivity contribution in [1.82, 2.24) is 4.90 Å². The number of carbonyl (C=O) groups excluding carboxylic acids is 2. The normalized spacial score (nSPS) is 11.1. The lowest BCUT2D eigenvalue weighted by Crippen LogP contribution is -2.36. The average Bonchev–Trinajstić information content (AvgIpc) is 2.60. The number of hydrogen-bond donors (Lipinski definition) is 1. The second kappa shape index (κ2) is 8.75. The van der Waals surface area contributed by atoms with E-state index < -0.39 is 17.6 Å². The van der Waals surface area contributed by atoms with Crippen LogP contribution in [0.2, 0.25) is 0 Å². The van der Waals surface area contributed by atoms with Crippen LogP contribution in [0.1, 0.15) is 5.56 Å². The van der Waals surface area contributed by atoms with Gasteiger partial charge in [0.15, 0.2) is 0 Å². The van der Waals surface area contributed by atoms with Crippen LogP contribution in [0.25, 0.3) is 0 Å². The Kier molecular flexibility index (Phi) is 6.68. The largest absolute Gasteiger partial charge is 0.418 e. The van der Waals surface area contributed by atoms with E-state index in [-0.39, 0.29) is 23.9 Å². The summed E-state index contributed by atoms with van der Waals surface area (Å²) in [5, 5.41) is 2.22. The standard InChI is InChI=1S/C18H17F3N2O2S/c1-23(17(25)12-26-13-7-3-2-4-8-13)11-16(24)22-15-10-6-5-9-14(15)18(19,20)21/h2-10H,11-12H2,1H3,(H,22,24). The molecule has 0 aliphatic carbocycles. The molecule has 0 atom stereocenters. The highest BCUT2D eigenvalue weighted by molar-refractivity contribution is 8.00. The van der Waals surface area contributed by atoms with Crippen LogP contribution in [0, 0.1) is 0 Å². The van der Waals surface area contributed by atoms with Crippen molar-refractivity contribution < 1.29 is 22.8 Å². The molecule has 4 nitrogen and oxygen atoms in total. The number of rotatable bonds is 6. The van der Waals surface area contributed by atoms with E-state index in [1.165, 1.54) is 41.9 Å². The van der Waals surface area contributed by atoms with Crippen LogP contribution in [0.3, 0.4) is 0 Å². The molecule has 0 aromatic heterocycles. The maximum absolute atomic E-state index is 12.9. The lowest BCUT2D eigenvalue weighted by Gasteiger charge is -2.18. The monoisotopic (exact) mass is 382 g/mol. The number of benzene rings is 2. The van der Waals surface area contributed by atoms with Crippen molar-refractivity contribution in [2.75, 3.05) is 24.7 Å². The number of halogens is 3. The van der Waals surface area contributed by atoms with E-state index in [1.54, 1.807) is 0 Å². The molecule has 2 aromatic rings. The molecule has 0 radical (unpaired) electrons. The second-order valence-corrected chi connectivity index (χ2v) is 6.49. The van der Waals surface area contributed by atoms with Gasteiger partial charge >= 0.3 is 6.18 Å². The first-order chi connectivity index (χ1) is 12.3. The van der Waals surface area contributed by atoms with Gasteiger partial charge in [-0.05, 0) is 24.3 Å². The van der Waals surface area contributed by atoms with Gasteiger partial charge in [-0.25, -0.2) is 0 Å². The Labute approximate surface area is 153 Å². The van der Waals surface area contributed by atoms with Crippen molar-refractivity contribution in [2.45, 2.75) is 11.1 Å². The number of alkyl halides is 3. The second-order valence-electron chi connectivity index (χ2n) is 5.44. The number of carbonyl (C=O) groups is 2. The van der Waals surface area contributed by atoms with E-state index in [2.05, 4.69) is 5.32 Å². The zero-order valence-electron chi connectivity index (χ0n) is 13.9. The van der Waals surface area contributed by atoms with Crippen molar-refractivity contribution in [3.63, 3.8) is 0 Å². The van der Waals surface area contributed by atoms with Gasteiger partial charge in [0, 0.05) is 11.9 Å². The summed E-state index contributed by atoms with van der Waals surface area (Å²) in [7, 11) is 1.43. The lowest BCUT2D eigenvalue weighted by atomic mass is 10.1. The van der Waals surface area contributed by atoms with Gasteiger partial charge < -0.3 is 10.2 Å². The summed E-state index contributed by atoms with van der Waals surface area (Å²) < 4.78 is 38.8. The zero-order valence-corrected chi connectivity index (χ0v) is 14.7. The molecule has 0 heterocycles. The number of amides is 2. The van der Waals surface area contributed by atoms with E-state index in [4.69, 9.17) is 0 Å². The first-order valence-corrected chi connectivity index (χ1v) is 8.64. The summed E-state index contributed by atoms with van der Waals surface area (Å²) in [6, 6.07) is 14.0. The molecule has 0 saturated heterocycles. The summed E-state index contributed by atoms with van der Waals surface area (Å²) in [5.74, 6) is -0.854. The van der Waals surface area contributed by atoms with Crippen molar-refractivity contribution in [3.8, 4) is 0 Å². The predicted molar refractivity (Wildman–Crippen MR) is 94.9 cm³/mol. The fourth-order valence-electron chi connectivity index (χ4n) is 2.10. The highest BCUT2D eigenvalue weighted by Gasteiger charge is 2.33. The predicted octanol–water partition coefficient (Wildman–Crippen LogP) is 3.89. The first kappa shape index (κ1) is 19.8. The van der Waals surface area contributed by atoms with Gasteiger partial charge in [-0.15, -0.1) is 11.8 Å². The third-order valence-electron chi connectivity index (χ3n) is 3.42. The van der Waals surface area contributed by atoms with Gasteiger partial charge in [0.25, 0.3) is 0 Å². The van der Waals surface area contributed by atoms with E-state index in [0.29, 0.717) is 0 Å². The first-order valence-electron chi connectivity index (χ1n) is 7.65. The number of para-hydroxylation sites is 1. The van der Waals surface area contributed by atoms with Gasteiger partial charge in [-0.1, -0.05) is 30.3 Å². The Bertz CT molecular complexity index is 767. The van der Waals surface area contributed by atoms with Gasteiger partial charge in [-0.3, -0.25) is 9.59 Å². The molecule has 0 unspecified atom stereocenters. The van der Waals surface area contributed by atoms with E-state index >= 15 is 0 Å². The van der Waals surface area contributed by atoms with E-state index in [1.807, 2.05) is 30.3 Å². The number of likely N-dealkylation sites (N-methyl/N-ethyl adjacent to an activating group) is 1. The molecule has 0 bridgehead atoms. The van der Waals surface area contributed by atoms with Gasteiger partial charge in [0.1, 0.15) is 0 Å². The Balaban J connectivity index is 1.90. The molecule has 1 N–H and O–H groups in total. The molecule has 138 valence electrons. The summed E-state index contributed by atoms with van der Waals surface area (Å²) in [4.78, 5) is 26.2. The maximum Gasteiger partial charge on any atom is 0.418 e. The Morgan fingerprint density at radius 1 is 1.04 bits per heavy atom. The summed E-state index contributed by atoms with van der Waals surface area (Å²) in [5.41, 5.74) is -1.26. The number of thioether (sulfide) groups is 1. The van der Waals surface area contributed by atoms with Gasteiger partial charge in [-0.2, -0.15) is 13.2 Å². The summed E-state index contributed by atoms with van der Waals surface area (Å²) in [6.07, 6.45) is -4.57. The molecule has 0 aliphatic rings. The third-order valence-corrected chi connectivity index (χ3v) is 4.42. The van der Waals surface area contributed by atoms with E-state index in [9.17, 15) is 22.8 Å². The minimum absolute atomic E-state index is 0.132. The fourth-order valence-corrected chi connectivity index (χ4v) is 2.96. The number of nitrogens with zero attached hydrogens (tertiary/aromatic N) is 1. The third kappa shape index (κ3) is 5.80. The molecule has 0 fully saturated rings. The van der Waals surface area contributed by atoms with Crippen LogP contribution in [0.5, 0.6) is 0 Å². The van der Waals surface area contributed by atoms with Gasteiger partial charge in [0.05, 0.1) is 23.5 Å². The highest BCUT2D eigenvalue weighted by Crippen LogP contribution is 2.34. The molecule has 0 spiro atoms. The fraction of sp³-hybridized carbons (Fsp3) is 0.222. The molecule has 8 heteroatoms. The lowest BCUT2D eigenvalue weighted by molar-refractivity contribution is -0.137. The van der Waals surface area contributed by atoms with Crippen molar-refractivity contribution >= 4 is 29.3 Å². The van der Waals surface area contributed by atoms with Crippen molar-refractivity contribution in [1.29, 1.82) is 0 Å². The Hall–Kier alpha value is -2.48. The van der Waals surface area contributed by atoms with Crippen LogP contribution < -0.4 is 5.32 Å². The van der Waals surface area contributed by atoms with E-state index in [0.717, 1.165) is 11.0 Å². The van der Waals surface area contributed by atoms with Crippen LogP contribution in [-0.4, -0.2) is 36.1 Å². The number of anilines is 1. The molecule has 0 saturated carbocycles. The SMILES string of the molecule is CN(CC(=O)Nc1ccccc1C(F)(F)F)C(=O)CSc1ccccc1. The smallest absolute Gasteiger partial charge is 0.336 e. The van der Waals surface area contributed by atoms with Crippen molar-refractivity contribution in [3.05, 3.63) is 60.2 Å². The summed E-state index contributed by atoms with van der Waals surface area (Å²) >= 11 is 1.32. The van der Waals surface area contributed by atoms with Crippen LogP contribution in [0.4, 0.5) is 18.9 Å². The minimum atomic E-state index is -4.57. The number of hydrogen-bond acceptors (Lipinski definition) is 3. The molecule has 2 amide bonds. The molecule has 0 aliphatic heterocycles. The maximum atomic E-state index is 12.9. The minimum Gasteiger partial charge on any atom is -0.336 e. The average molecular weight is 382 g/mol.